The number of aromatic nitrogens is 2. The number of benzene rings is 3. The Morgan fingerprint density at radius 1 is 1.03 bits per heavy atom. The maximum atomic E-state index is 10.9. The first-order valence-electron chi connectivity index (χ1n) is 9.50. The lowest BCUT2D eigenvalue weighted by molar-refractivity contribution is 0.365. The average molecular weight is 394 g/mol. The quantitative estimate of drug-likeness (QED) is 0.487. The number of hydrogen-bond acceptors (Lipinski definition) is 4. The van der Waals surface area contributed by atoms with Crippen molar-refractivity contribution in [2.45, 2.75) is 12.8 Å². The number of nitrogens with two attached hydrogens (primary N) is 1. The zero-order valence-electron chi connectivity index (χ0n) is 16.2. The number of nitrogens with zero attached hydrogens (tertiary/aromatic N) is 3. The summed E-state index contributed by atoms with van der Waals surface area (Å²) in [6.07, 6.45) is 0. The summed E-state index contributed by atoms with van der Waals surface area (Å²) in [5, 5.41) is 17.4. The maximum absolute atomic E-state index is 10.9. The van der Waals surface area contributed by atoms with E-state index in [1.807, 2.05) is 67.6 Å². The molecule has 1 aliphatic rings. The Morgan fingerprint density at radius 3 is 2.53 bits per heavy atom. The van der Waals surface area contributed by atoms with Crippen LogP contribution in [0.25, 0.3) is 21.3 Å². The number of aromatic hydroxyl groups is 1. The fraction of sp³-hybridized carbons (Fsp3) is 0.0833. The first-order valence-corrected chi connectivity index (χ1v) is 9.50. The summed E-state index contributed by atoms with van der Waals surface area (Å²) in [5.41, 5.74) is 9.33. The van der Waals surface area contributed by atoms with Gasteiger partial charge in [0.1, 0.15) is 5.75 Å². The standard InChI is InChI=1S/C24H18N4O2/c1-14-19-21(20-17-11-7-6-8-15(17)12-13-18(20)29)22(26-2)23(25)30-24(19)28(27-14)16-9-4-3-5-10-16/h3-13,21,29H,25H2,1H3. The largest absolute Gasteiger partial charge is 0.508 e. The number of aryl methyl sites for hydroxylation is 1. The normalized spacial score (nSPS) is 15.5. The molecule has 1 unspecified atom stereocenters. The summed E-state index contributed by atoms with van der Waals surface area (Å²) in [6, 6.07) is 20.9. The third kappa shape index (κ3) is 2.53. The zero-order chi connectivity index (χ0) is 20.8. The van der Waals surface area contributed by atoms with Gasteiger partial charge in [-0.25, -0.2) is 9.53 Å². The summed E-state index contributed by atoms with van der Waals surface area (Å²) < 4.78 is 7.60. The van der Waals surface area contributed by atoms with Crippen LogP contribution >= 0.6 is 0 Å². The van der Waals surface area contributed by atoms with Gasteiger partial charge in [-0.05, 0) is 35.9 Å². The van der Waals surface area contributed by atoms with E-state index in [2.05, 4.69) is 9.94 Å². The van der Waals surface area contributed by atoms with E-state index in [-0.39, 0.29) is 17.3 Å². The Kier molecular flexibility index (Phi) is 3.97. The van der Waals surface area contributed by atoms with Crippen LogP contribution in [0.3, 0.4) is 0 Å². The van der Waals surface area contributed by atoms with Gasteiger partial charge in [-0.15, -0.1) is 0 Å². The van der Waals surface area contributed by atoms with Gasteiger partial charge in [-0.3, -0.25) is 0 Å². The second-order valence-corrected chi connectivity index (χ2v) is 7.17. The number of para-hydroxylation sites is 1. The molecule has 0 spiro atoms. The minimum absolute atomic E-state index is 0.0203. The minimum Gasteiger partial charge on any atom is -0.508 e. The van der Waals surface area contributed by atoms with E-state index >= 15 is 0 Å². The minimum atomic E-state index is -0.588. The fourth-order valence-electron chi connectivity index (χ4n) is 4.12. The first-order chi connectivity index (χ1) is 14.6. The topological polar surface area (TPSA) is 77.7 Å². The highest BCUT2D eigenvalue weighted by atomic mass is 16.5. The average Bonchev–Trinajstić information content (AvgIpc) is 3.09. The Balaban J connectivity index is 1.84. The van der Waals surface area contributed by atoms with Crippen LogP contribution in [-0.4, -0.2) is 14.9 Å². The predicted molar refractivity (Wildman–Crippen MR) is 114 cm³/mol. The number of ether oxygens (including phenoxy) is 1. The number of rotatable bonds is 2. The molecule has 6 heteroatoms. The monoisotopic (exact) mass is 394 g/mol. The van der Waals surface area contributed by atoms with E-state index in [9.17, 15) is 5.11 Å². The highest BCUT2D eigenvalue weighted by Gasteiger charge is 2.38. The van der Waals surface area contributed by atoms with Gasteiger partial charge < -0.3 is 15.6 Å². The van der Waals surface area contributed by atoms with E-state index in [0.29, 0.717) is 17.1 Å². The number of fused-ring (bicyclic) bond motifs is 2. The van der Waals surface area contributed by atoms with E-state index in [0.717, 1.165) is 22.0 Å². The molecule has 0 fully saturated rings. The molecule has 0 radical (unpaired) electrons. The molecule has 1 atom stereocenters. The Morgan fingerprint density at radius 2 is 1.77 bits per heavy atom. The van der Waals surface area contributed by atoms with E-state index in [1.54, 1.807) is 10.7 Å². The summed E-state index contributed by atoms with van der Waals surface area (Å²) in [7, 11) is 0. The van der Waals surface area contributed by atoms with Crippen LogP contribution in [0.1, 0.15) is 22.7 Å². The number of hydrogen-bond donors (Lipinski definition) is 2. The van der Waals surface area contributed by atoms with Crippen LogP contribution in [-0.2, 0) is 0 Å². The molecule has 146 valence electrons. The van der Waals surface area contributed by atoms with Gasteiger partial charge in [0.15, 0.2) is 5.88 Å². The summed E-state index contributed by atoms with van der Waals surface area (Å²) in [5.74, 6) is -0.00461. The second kappa shape index (κ2) is 6.68. The molecular weight excluding hydrogens is 376 g/mol. The summed E-state index contributed by atoms with van der Waals surface area (Å²) >= 11 is 0. The number of phenolic OH excluding ortho intramolecular Hbond substituents is 1. The van der Waals surface area contributed by atoms with Crippen molar-refractivity contribution >= 4 is 10.8 Å². The van der Waals surface area contributed by atoms with Crippen LogP contribution in [0.4, 0.5) is 0 Å². The van der Waals surface area contributed by atoms with Gasteiger partial charge >= 0.3 is 0 Å². The third-order valence-corrected chi connectivity index (χ3v) is 5.44. The maximum Gasteiger partial charge on any atom is 0.235 e. The fourth-order valence-corrected chi connectivity index (χ4v) is 4.12. The molecular formula is C24H18N4O2. The molecule has 1 aromatic heterocycles. The lowest BCUT2D eigenvalue weighted by Gasteiger charge is -2.26. The molecule has 2 heterocycles. The lowest BCUT2D eigenvalue weighted by Crippen LogP contribution is -2.21. The molecule has 1 aliphatic heterocycles. The third-order valence-electron chi connectivity index (χ3n) is 5.44. The molecule has 0 amide bonds. The Labute approximate surface area is 173 Å². The smallest absolute Gasteiger partial charge is 0.235 e. The molecule has 5 rings (SSSR count). The van der Waals surface area contributed by atoms with Crippen molar-refractivity contribution in [1.29, 1.82) is 0 Å². The van der Waals surface area contributed by atoms with Gasteiger partial charge in [0.05, 0.1) is 23.9 Å². The van der Waals surface area contributed by atoms with E-state index < -0.39 is 5.92 Å². The van der Waals surface area contributed by atoms with Crippen LogP contribution in [0, 0.1) is 13.5 Å². The van der Waals surface area contributed by atoms with Crippen molar-refractivity contribution in [1.82, 2.24) is 9.78 Å². The highest BCUT2D eigenvalue weighted by Crippen LogP contribution is 2.49. The zero-order valence-corrected chi connectivity index (χ0v) is 16.2. The Hall–Kier alpha value is -4.24. The molecule has 0 bridgehead atoms. The van der Waals surface area contributed by atoms with Crippen molar-refractivity contribution in [3.63, 3.8) is 0 Å². The molecule has 0 saturated heterocycles. The van der Waals surface area contributed by atoms with E-state index in [4.69, 9.17) is 17.0 Å². The molecule has 4 aromatic rings. The van der Waals surface area contributed by atoms with Crippen LogP contribution in [0.15, 0.2) is 78.3 Å². The van der Waals surface area contributed by atoms with Crippen molar-refractivity contribution in [2.24, 2.45) is 5.73 Å². The highest BCUT2D eigenvalue weighted by molar-refractivity contribution is 5.89. The van der Waals surface area contributed by atoms with Crippen molar-refractivity contribution in [3.05, 3.63) is 107 Å². The van der Waals surface area contributed by atoms with Crippen LogP contribution < -0.4 is 10.5 Å². The van der Waals surface area contributed by atoms with Gasteiger partial charge in [0.2, 0.25) is 11.6 Å². The molecule has 0 aliphatic carbocycles. The first kappa shape index (κ1) is 17.8. The Bertz CT molecular complexity index is 1360. The number of phenols is 1. The molecule has 6 nitrogen and oxygen atoms in total. The van der Waals surface area contributed by atoms with Crippen LogP contribution in [0.2, 0.25) is 0 Å². The number of allylic oxidation sites excluding steroid dienone is 1. The van der Waals surface area contributed by atoms with Crippen molar-refractivity contribution in [2.75, 3.05) is 0 Å². The molecule has 3 N–H and O–H groups in total. The predicted octanol–water partition coefficient (Wildman–Crippen LogP) is 4.61. The second-order valence-electron chi connectivity index (χ2n) is 7.17. The molecule has 0 saturated carbocycles. The van der Waals surface area contributed by atoms with Crippen molar-refractivity contribution < 1.29 is 9.84 Å². The molecule has 3 aromatic carbocycles. The lowest BCUT2D eigenvalue weighted by atomic mass is 9.84. The van der Waals surface area contributed by atoms with Gasteiger partial charge in [0, 0.05) is 11.1 Å². The SMILES string of the molecule is [C-]#[N+]C1=C(N)Oc2c(c(C)nn2-c2ccccc2)C1c1c(O)ccc2ccccc12. The van der Waals surface area contributed by atoms with Gasteiger partial charge in [-0.2, -0.15) is 5.10 Å². The molecule has 30 heavy (non-hydrogen) atoms. The van der Waals surface area contributed by atoms with Crippen LogP contribution in [0.5, 0.6) is 11.6 Å². The van der Waals surface area contributed by atoms with Gasteiger partial charge in [0.25, 0.3) is 0 Å². The summed E-state index contributed by atoms with van der Waals surface area (Å²) in [6.45, 7) is 9.64. The van der Waals surface area contributed by atoms with Gasteiger partial charge in [-0.1, -0.05) is 48.5 Å². The summed E-state index contributed by atoms with van der Waals surface area (Å²) in [4.78, 5) is 3.69. The van der Waals surface area contributed by atoms with E-state index in [1.165, 1.54) is 0 Å². The van der Waals surface area contributed by atoms with Crippen molar-refractivity contribution in [3.8, 4) is 17.3 Å².